The van der Waals surface area contributed by atoms with Crippen molar-refractivity contribution in [1.29, 1.82) is 0 Å². The van der Waals surface area contributed by atoms with Crippen LogP contribution in [0.3, 0.4) is 0 Å². The zero-order valence-corrected chi connectivity index (χ0v) is 9.49. The monoisotopic (exact) mass is 202 g/mol. The Morgan fingerprint density at radius 3 is 2.80 bits per heavy atom. The van der Waals surface area contributed by atoms with Crippen LogP contribution in [0.4, 0.5) is 0 Å². The molecule has 15 heavy (non-hydrogen) atoms. The first-order chi connectivity index (χ1) is 7.31. The van der Waals surface area contributed by atoms with Crippen LogP contribution in [0.25, 0.3) is 5.57 Å². The van der Waals surface area contributed by atoms with Gasteiger partial charge in [0.15, 0.2) is 0 Å². The molecule has 0 amide bonds. The quantitative estimate of drug-likeness (QED) is 0.706. The lowest BCUT2D eigenvalue weighted by Gasteiger charge is -2.20. The number of benzene rings is 1. The lowest BCUT2D eigenvalue weighted by Crippen LogP contribution is -2.03. The van der Waals surface area contributed by atoms with Gasteiger partial charge in [-0.25, -0.2) is 0 Å². The van der Waals surface area contributed by atoms with Gasteiger partial charge >= 0.3 is 0 Å². The fourth-order valence-electron chi connectivity index (χ4n) is 2.23. The number of hydrogen-bond donors (Lipinski definition) is 0. The summed E-state index contributed by atoms with van der Waals surface area (Å²) in [4.78, 5) is 0. The van der Waals surface area contributed by atoms with E-state index in [1.807, 2.05) is 12.1 Å². The van der Waals surface area contributed by atoms with E-state index in [0.717, 1.165) is 11.7 Å². The fraction of sp³-hybridized carbons (Fsp3) is 0.429. The van der Waals surface area contributed by atoms with E-state index in [1.165, 1.54) is 30.4 Å². The Hall–Kier alpha value is -1.24. The number of para-hydroxylation sites is 1. The molecular formula is C14H18O. The molecule has 0 bridgehead atoms. The van der Waals surface area contributed by atoms with Crippen LogP contribution in [-0.4, -0.2) is 7.11 Å². The second-order valence-corrected chi connectivity index (χ2v) is 4.32. The Morgan fingerprint density at radius 1 is 1.27 bits per heavy atom. The Kier molecular flexibility index (Phi) is 3.10. The average Bonchev–Trinajstić information content (AvgIpc) is 2.29. The molecule has 0 N–H and O–H groups in total. The van der Waals surface area contributed by atoms with E-state index in [0.29, 0.717) is 0 Å². The standard InChI is InChI=1S/C14H18O/c1-11-6-5-7-12(10-11)13-8-3-4-9-14(13)15-2/h3-4,7-9,11H,5-6,10H2,1-2H3/t11-/m1/s1. The van der Waals surface area contributed by atoms with Crippen molar-refractivity contribution in [3.8, 4) is 5.75 Å². The van der Waals surface area contributed by atoms with Crippen LogP contribution in [0.1, 0.15) is 31.7 Å². The van der Waals surface area contributed by atoms with E-state index in [9.17, 15) is 0 Å². The molecule has 0 saturated carbocycles. The molecule has 1 aromatic carbocycles. The molecule has 0 saturated heterocycles. The third-order valence-corrected chi connectivity index (χ3v) is 3.07. The summed E-state index contributed by atoms with van der Waals surface area (Å²) in [5.41, 5.74) is 2.72. The molecule has 1 atom stereocenters. The minimum atomic E-state index is 0.801. The smallest absolute Gasteiger partial charge is 0.126 e. The Balaban J connectivity index is 2.32. The highest BCUT2D eigenvalue weighted by molar-refractivity contribution is 5.71. The third kappa shape index (κ3) is 2.23. The molecule has 1 aromatic rings. The molecule has 1 nitrogen and oxygen atoms in total. The van der Waals surface area contributed by atoms with Gasteiger partial charge in [-0.15, -0.1) is 0 Å². The summed E-state index contributed by atoms with van der Waals surface area (Å²) in [6, 6.07) is 8.30. The molecule has 1 heteroatoms. The molecule has 1 aliphatic carbocycles. The van der Waals surface area contributed by atoms with Crippen molar-refractivity contribution in [1.82, 2.24) is 0 Å². The topological polar surface area (TPSA) is 9.23 Å². The minimum absolute atomic E-state index is 0.801. The third-order valence-electron chi connectivity index (χ3n) is 3.07. The van der Waals surface area contributed by atoms with Gasteiger partial charge in [0.1, 0.15) is 5.75 Å². The van der Waals surface area contributed by atoms with Gasteiger partial charge in [0.05, 0.1) is 7.11 Å². The van der Waals surface area contributed by atoms with Crippen molar-refractivity contribution in [3.63, 3.8) is 0 Å². The number of rotatable bonds is 2. The first kappa shape index (κ1) is 10.3. The summed E-state index contributed by atoms with van der Waals surface area (Å²) in [5, 5.41) is 0. The molecule has 0 radical (unpaired) electrons. The normalized spacial score (nSPS) is 20.9. The highest BCUT2D eigenvalue weighted by atomic mass is 16.5. The zero-order chi connectivity index (χ0) is 10.7. The largest absolute Gasteiger partial charge is 0.496 e. The predicted octanol–water partition coefficient (Wildman–Crippen LogP) is 3.90. The van der Waals surface area contributed by atoms with E-state index in [1.54, 1.807) is 7.11 Å². The van der Waals surface area contributed by atoms with Crippen LogP contribution in [-0.2, 0) is 0 Å². The van der Waals surface area contributed by atoms with Crippen molar-refractivity contribution in [3.05, 3.63) is 35.9 Å². The summed E-state index contributed by atoms with van der Waals surface area (Å²) >= 11 is 0. The number of allylic oxidation sites excluding steroid dienone is 2. The summed E-state index contributed by atoms with van der Waals surface area (Å²) < 4.78 is 5.39. The Morgan fingerprint density at radius 2 is 2.07 bits per heavy atom. The Labute approximate surface area is 91.8 Å². The van der Waals surface area contributed by atoms with Crippen molar-refractivity contribution < 1.29 is 4.74 Å². The maximum atomic E-state index is 5.39. The van der Waals surface area contributed by atoms with E-state index in [-0.39, 0.29) is 0 Å². The number of ether oxygens (including phenoxy) is 1. The molecule has 0 unspecified atom stereocenters. The molecule has 0 aliphatic heterocycles. The summed E-state index contributed by atoms with van der Waals surface area (Å²) in [5.74, 6) is 1.80. The van der Waals surface area contributed by atoms with Gasteiger partial charge in [0.2, 0.25) is 0 Å². The van der Waals surface area contributed by atoms with Crippen molar-refractivity contribution in [2.24, 2.45) is 5.92 Å². The highest BCUT2D eigenvalue weighted by Crippen LogP contribution is 2.34. The lowest BCUT2D eigenvalue weighted by molar-refractivity contribution is 0.412. The second kappa shape index (κ2) is 4.52. The van der Waals surface area contributed by atoms with Crippen LogP contribution in [0.5, 0.6) is 5.75 Å². The molecule has 0 fully saturated rings. The summed E-state index contributed by atoms with van der Waals surface area (Å²) in [7, 11) is 1.74. The highest BCUT2D eigenvalue weighted by Gasteiger charge is 2.14. The van der Waals surface area contributed by atoms with E-state index >= 15 is 0 Å². The fourth-order valence-corrected chi connectivity index (χ4v) is 2.23. The number of hydrogen-bond acceptors (Lipinski definition) is 1. The summed E-state index contributed by atoms with van der Waals surface area (Å²) in [6.45, 7) is 2.32. The predicted molar refractivity (Wildman–Crippen MR) is 64.0 cm³/mol. The van der Waals surface area contributed by atoms with Crippen molar-refractivity contribution >= 4 is 5.57 Å². The molecule has 0 spiro atoms. The van der Waals surface area contributed by atoms with Crippen LogP contribution in [0, 0.1) is 5.92 Å². The molecule has 2 rings (SSSR count). The van der Waals surface area contributed by atoms with Gasteiger partial charge in [-0.1, -0.05) is 31.2 Å². The maximum absolute atomic E-state index is 5.39. The van der Waals surface area contributed by atoms with Gasteiger partial charge in [-0.2, -0.15) is 0 Å². The first-order valence-electron chi connectivity index (χ1n) is 5.63. The van der Waals surface area contributed by atoms with Crippen molar-refractivity contribution in [2.75, 3.05) is 7.11 Å². The van der Waals surface area contributed by atoms with Gasteiger partial charge in [-0.05, 0) is 36.8 Å². The summed E-state index contributed by atoms with van der Waals surface area (Å²) in [6.07, 6.45) is 6.06. The number of methoxy groups -OCH3 is 1. The lowest BCUT2D eigenvalue weighted by atomic mass is 9.86. The van der Waals surface area contributed by atoms with Crippen LogP contribution in [0.2, 0.25) is 0 Å². The van der Waals surface area contributed by atoms with Crippen LogP contribution in [0.15, 0.2) is 30.3 Å². The van der Waals surface area contributed by atoms with Crippen LogP contribution >= 0.6 is 0 Å². The van der Waals surface area contributed by atoms with E-state index in [4.69, 9.17) is 4.74 Å². The van der Waals surface area contributed by atoms with Gasteiger partial charge in [-0.3, -0.25) is 0 Å². The SMILES string of the molecule is COc1ccccc1C1=CCC[C@@H](C)C1. The van der Waals surface area contributed by atoms with E-state index in [2.05, 4.69) is 25.1 Å². The first-order valence-corrected chi connectivity index (χ1v) is 5.63. The molecule has 0 aromatic heterocycles. The van der Waals surface area contributed by atoms with Crippen molar-refractivity contribution in [2.45, 2.75) is 26.2 Å². The minimum Gasteiger partial charge on any atom is -0.496 e. The van der Waals surface area contributed by atoms with E-state index < -0.39 is 0 Å². The van der Waals surface area contributed by atoms with Gasteiger partial charge in [0, 0.05) is 5.56 Å². The van der Waals surface area contributed by atoms with Gasteiger partial charge in [0.25, 0.3) is 0 Å². The Bertz CT molecular complexity index is 365. The molecule has 0 heterocycles. The molecule has 1 aliphatic rings. The maximum Gasteiger partial charge on any atom is 0.126 e. The molecular weight excluding hydrogens is 184 g/mol. The van der Waals surface area contributed by atoms with Crippen LogP contribution < -0.4 is 4.74 Å². The van der Waals surface area contributed by atoms with Gasteiger partial charge < -0.3 is 4.74 Å². The second-order valence-electron chi connectivity index (χ2n) is 4.32. The average molecular weight is 202 g/mol. The molecule has 80 valence electrons. The zero-order valence-electron chi connectivity index (χ0n) is 9.49.